The predicted octanol–water partition coefficient (Wildman–Crippen LogP) is 5.11. The smallest absolute Gasteiger partial charge is 0.219 e. The largest absolute Gasteiger partial charge is 0.356 e. The Labute approximate surface area is 183 Å². The van der Waals surface area contributed by atoms with Crippen LogP contribution in [-0.4, -0.2) is 27.2 Å². The summed E-state index contributed by atoms with van der Waals surface area (Å²) in [5.41, 5.74) is 3.62. The Morgan fingerprint density at radius 3 is 2.67 bits per heavy atom. The van der Waals surface area contributed by atoms with E-state index in [4.69, 9.17) is 0 Å². The summed E-state index contributed by atoms with van der Waals surface area (Å²) in [7, 11) is 0. The van der Waals surface area contributed by atoms with E-state index in [-0.39, 0.29) is 5.91 Å². The number of unbranched alkanes of at least 4 members (excludes halogenated alkanes) is 1. The van der Waals surface area contributed by atoms with E-state index >= 15 is 0 Å². The van der Waals surface area contributed by atoms with Gasteiger partial charge in [0, 0.05) is 30.8 Å². The predicted molar refractivity (Wildman–Crippen MR) is 123 cm³/mol. The fraction of sp³-hybridized carbons (Fsp3) is 0.375. The minimum atomic E-state index is 0.135. The highest BCUT2D eigenvalue weighted by Crippen LogP contribution is 2.26. The first-order valence-electron chi connectivity index (χ1n) is 10.6. The molecule has 1 N–H and O–H groups in total. The Morgan fingerprint density at radius 1 is 1.07 bits per heavy atom. The molecule has 0 saturated heterocycles. The van der Waals surface area contributed by atoms with Gasteiger partial charge in [-0.1, -0.05) is 66.7 Å². The third-order valence-corrected chi connectivity index (χ3v) is 5.79. The summed E-state index contributed by atoms with van der Waals surface area (Å²) in [5.74, 6) is 1.93. The number of thioether (sulfide) groups is 1. The van der Waals surface area contributed by atoms with Crippen LogP contribution in [0.3, 0.4) is 0 Å². The van der Waals surface area contributed by atoms with E-state index in [9.17, 15) is 4.79 Å². The number of carbonyl (C=O) groups is 1. The Balaban J connectivity index is 1.67. The van der Waals surface area contributed by atoms with Crippen molar-refractivity contribution in [1.82, 2.24) is 20.1 Å². The van der Waals surface area contributed by atoms with Crippen LogP contribution in [0.2, 0.25) is 0 Å². The molecule has 0 saturated carbocycles. The average molecular weight is 423 g/mol. The minimum absolute atomic E-state index is 0.135. The first-order chi connectivity index (χ1) is 14.7. The second-order valence-corrected chi connectivity index (χ2v) is 8.35. The molecule has 0 atom stereocenters. The van der Waals surface area contributed by atoms with Crippen molar-refractivity contribution in [1.29, 1.82) is 0 Å². The maximum atomic E-state index is 11.8. The Kier molecular flexibility index (Phi) is 8.51. The molecule has 0 aliphatic carbocycles. The average Bonchev–Trinajstić information content (AvgIpc) is 3.17. The van der Waals surface area contributed by atoms with Crippen molar-refractivity contribution in [3.63, 3.8) is 0 Å². The second-order valence-electron chi connectivity index (χ2n) is 7.40. The van der Waals surface area contributed by atoms with Gasteiger partial charge in [-0.15, -0.1) is 10.2 Å². The molecular formula is C24H30N4OS. The highest BCUT2D eigenvalue weighted by Gasteiger charge is 2.14. The van der Waals surface area contributed by atoms with Gasteiger partial charge in [-0.05, 0) is 43.9 Å². The van der Waals surface area contributed by atoms with Gasteiger partial charge in [-0.25, -0.2) is 0 Å². The lowest BCUT2D eigenvalue weighted by Crippen LogP contribution is -2.23. The molecule has 5 nitrogen and oxygen atoms in total. The van der Waals surface area contributed by atoms with Gasteiger partial charge in [0.1, 0.15) is 5.82 Å². The van der Waals surface area contributed by atoms with Crippen molar-refractivity contribution >= 4 is 17.7 Å². The van der Waals surface area contributed by atoms with E-state index in [0.29, 0.717) is 6.42 Å². The maximum Gasteiger partial charge on any atom is 0.219 e. The number of rotatable bonds is 11. The molecule has 30 heavy (non-hydrogen) atoms. The topological polar surface area (TPSA) is 59.8 Å². The molecule has 1 aromatic heterocycles. The zero-order valence-corrected chi connectivity index (χ0v) is 18.6. The van der Waals surface area contributed by atoms with Crippen molar-refractivity contribution in [3.05, 3.63) is 71.5 Å². The van der Waals surface area contributed by atoms with Gasteiger partial charge in [-0.3, -0.25) is 9.36 Å². The van der Waals surface area contributed by atoms with Crippen LogP contribution in [0.5, 0.6) is 0 Å². The molecule has 2 aromatic carbocycles. The molecular weight excluding hydrogens is 392 g/mol. The van der Waals surface area contributed by atoms with Gasteiger partial charge in [0.15, 0.2) is 5.16 Å². The van der Waals surface area contributed by atoms with Crippen LogP contribution in [-0.2, 0) is 17.0 Å². The van der Waals surface area contributed by atoms with E-state index in [1.807, 2.05) is 18.2 Å². The molecule has 6 heteroatoms. The summed E-state index contributed by atoms with van der Waals surface area (Å²) in [4.78, 5) is 11.8. The van der Waals surface area contributed by atoms with Crippen LogP contribution < -0.4 is 5.32 Å². The van der Waals surface area contributed by atoms with Crippen molar-refractivity contribution in [2.75, 3.05) is 6.54 Å². The van der Waals surface area contributed by atoms with Crippen LogP contribution in [0.15, 0.2) is 59.8 Å². The van der Waals surface area contributed by atoms with Crippen LogP contribution in [0, 0.1) is 6.92 Å². The summed E-state index contributed by atoms with van der Waals surface area (Å²) in [6.45, 7) is 4.93. The summed E-state index contributed by atoms with van der Waals surface area (Å²) in [6, 6.07) is 18.8. The number of para-hydroxylation sites is 1. The monoisotopic (exact) mass is 422 g/mol. The van der Waals surface area contributed by atoms with Crippen LogP contribution in [0.1, 0.15) is 49.6 Å². The highest BCUT2D eigenvalue weighted by atomic mass is 32.2. The molecule has 0 bridgehead atoms. The third-order valence-electron chi connectivity index (χ3n) is 4.79. The fourth-order valence-corrected chi connectivity index (χ4v) is 4.18. The number of aryl methyl sites for hydroxylation is 2. The molecule has 1 amide bonds. The molecule has 0 radical (unpaired) electrons. The number of amides is 1. The van der Waals surface area contributed by atoms with Crippen LogP contribution in [0.25, 0.3) is 5.69 Å². The Hall–Kier alpha value is -2.60. The molecule has 0 aliphatic rings. The first-order valence-corrected chi connectivity index (χ1v) is 11.6. The molecule has 3 aromatic rings. The number of hydrogen-bond donors (Lipinski definition) is 1. The van der Waals surface area contributed by atoms with Gasteiger partial charge in [0.2, 0.25) is 5.91 Å². The number of nitrogens with zero attached hydrogens (tertiary/aromatic N) is 3. The molecule has 3 rings (SSSR count). The van der Waals surface area contributed by atoms with E-state index in [1.165, 1.54) is 11.1 Å². The lowest BCUT2D eigenvalue weighted by atomic mass is 10.1. The summed E-state index contributed by atoms with van der Waals surface area (Å²) < 4.78 is 2.15. The maximum absolute atomic E-state index is 11.8. The number of benzene rings is 2. The number of aromatic nitrogens is 3. The zero-order valence-electron chi connectivity index (χ0n) is 17.8. The highest BCUT2D eigenvalue weighted by molar-refractivity contribution is 7.98. The zero-order chi connectivity index (χ0) is 21.2. The molecule has 0 spiro atoms. The molecule has 0 fully saturated rings. The van der Waals surface area contributed by atoms with Gasteiger partial charge < -0.3 is 5.32 Å². The summed E-state index contributed by atoms with van der Waals surface area (Å²) in [5, 5.41) is 12.8. The van der Waals surface area contributed by atoms with Gasteiger partial charge in [0.25, 0.3) is 0 Å². The number of hydrogen-bond acceptors (Lipinski definition) is 4. The summed E-state index contributed by atoms with van der Waals surface area (Å²) in [6.07, 6.45) is 4.09. The van der Waals surface area contributed by atoms with E-state index in [0.717, 1.165) is 54.6 Å². The first kappa shape index (κ1) is 22.1. The normalized spacial score (nSPS) is 10.9. The lowest BCUT2D eigenvalue weighted by Gasteiger charge is -2.10. The summed E-state index contributed by atoms with van der Waals surface area (Å²) >= 11 is 1.70. The van der Waals surface area contributed by atoms with Gasteiger partial charge in [0.05, 0.1) is 0 Å². The SMILES string of the molecule is CCCNC(=O)CCCCc1nnc(SCc2cccc(C)c2)n1-c1ccccc1. The van der Waals surface area contributed by atoms with Crippen molar-refractivity contribution < 1.29 is 4.79 Å². The van der Waals surface area contributed by atoms with Gasteiger partial charge >= 0.3 is 0 Å². The van der Waals surface area contributed by atoms with Crippen LogP contribution in [0.4, 0.5) is 0 Å². The van der Waals surface area contributed by atoms with Crippen molar-refractivity contribution in [2.45, 2.75) is 56.9 Å². The van der Waals surface area contributed by atoms with Crippen molar-refractivity contribution in [2.24, 2.45) is 0 Å². The molecule has 158 valence electrons. The Bertz CT molecular complexity index is 939. The number of nitrogens with one attached hydrogen (secondary N) is 1. The molecule has 1 heterocycles. The van der Waals surface area contributed by atoms with E-state index < -0.39 is 0 Å². The van der Waals surface area contributed by atoms with Crippen molar-refractivity contribution in [3.8, 4) is 5.69 Å². The second kappa shape index (κ2) is 11.6. The van der Waals surface area contributed by atoms with E-state index in [1.54, 1.807) is 11.8 Å². The third kappa shape index (κ3) is 6.46. The minimum Gasteiger partial charge on any atom is -0.356 e. The Morgan fingerprint density at radius 2 is 1.90 bits per heavy atom. The fourth-order valence-electron chi connectivity index (χ4n) is 3.26. The quantitative estimate of drug-likeness (QED) is 0.345. The standard InChI is InChI=1S/C24H30N4OS/c1-3-16-25-23(29)15-8-7-14-22-26-27-24(28(22)21-12-5-4-6-13-21)30-18-20-11-9-10-19(2)17-20/h4-6,9-13,17H,3,7-8,14-16,18H2,1-2H3,(H,25,29). The molecule has 0 aliphatic heterocycles. The molecule has 0 unspecified atom stereocenters. The van der Waals surface area contributed by atoms with Crippen LogP contribution >= 0.6 is 11.8 Å². The van der Waals surface area contributed by atoms with Gasteiger partial charge in [-0.2, -0.15) is 0 Å². The number of carbonyl (C=O) groups excluding carboxylic acids is 1. The van der Waals surface area contributed by atoms with E-state index in [2.05, 4.69) is 70.3 Å². The lowest BCUT2D eigenvalue weighted by molar-refractivity contribution is -0.121.